The predicted molar refractivity (Wildman–Crippen MR) is 189 cm³/mol. The summed E-state index contributed by atoms with van der Waals surface area (Å²) < 4.78 is 0. The fourth-order valence-corrected chi connectivity index (χ4v) is 14.3. The summed E-state index contributed by atoms with van der Waals surface area (Å²) in [4.78, 5) is 61.8. The first kappa shape index (κ1) is 37.9. The Hall–Kier alpha value is -2.37. The van der Waals surface area contributed by atoms with Crippen molar-refractivity contribution in [2.75, 3.05) is 13.2 Å². The minimum atomic E-state index is -1.60. The molecule has 0 aromatic rings. The number of aliphatic hydroxyl groups excluding tert-OH is 3. The molecule has 0 aromatic heterocycles. The molecule has 5 N–H and O–H groups in total. The molecular formula is C42H58O10. The number of hydrogen-bond donors (Lipinski definition) is 5. The van der Waals surface area contributed by atoms with Crippen molar-refractivity contribution in [1.82, 2.24) is 0 Å². The van der Waals surface area contributed by atoms with Crippen LogP contribution in [0, 0.1) is 57.2 Å². The van der Waals surface area contributed by atoms with Gasteiger partial charge in [-0.25, -0.2) is 0 Å². The van der Waals surface area contributed by atoms with Crippen molar-refractivity contribution in [1.29, 1.82) is 0 Å². The molecule has 6 saturated carbocycles. The average Bonchev–Trinajstić information content (AvgIpc) is 3.53. The highest BCUT2D eigenvalue weighted by molar-refractivity contribution is 5.95. The van der Waals surface area contributed by atoms with Gasteiger partial charge in [0.15, 0.2) is 23.1 Å². The molecule has 7 unspecified atom stereocenters. The maximum Gasteiger partial charge on any atom is 0.190 e. The minimum absolute atomic E-state index is 0.0697. The molecule has 8 aliphatic carbocycles. The lowest BCUT2D eigenvalue weighted by atomic mass is 9.45. The Morgan fingerprint density at radius 1 is 0.673 bits per heavy atom. The highest BCUT2D eigenvalue weighted by Gasteiger charge is 2.70. The normalized spacial score (nSPS) is 49.1. The fraction of sp³-hybridized carbons (Fsp3) is 0.786. The first-order valence-electron chi connectivity index (χ1n) is 19.8. The molecule has 52 heavy (non-hydrogen) atoms. The standard InChI is InChI=1S/C21H30O5.C21H28O5/c2*1-19-7-5-13(23)9-12(19)3-4-14-15-6-8-21(26,17(25)11-22)20(15,2)10-16(24)18(14)19/h9,14-16,18,22,24,26H,3-8,10-11H2,1-2H3;9,14-15,18,22,26H,3-8,10-11H2,1-2H3/t14?,15?,16?,18?,19-,20-,21-;14?,15?,18?,19-,20-,21-/m00/s1. The number of carbonyl (C=O) groups excluding carboxylic acids is 5. The van der Waals surface area contributed by atoms with Gasteiger partial charge in [-0.2, -0.15) is 0 Å². The molecular weight excluding hydrogens is 664 g/mol. The predicted octanol–water partition coefficient (Wildman–Crippen LogP) is 3.77. The van der Waals surface area contributed by atoms with Crippen molar-refractivity contribution in [3.05, 3.63) is 23.3 Å². The third-order valence-corrected chi connectivity index (χ3v) is 17.1. The van der Waals surface area contributed by atoms with E-state index in [0.29, 0.717) is 44.9 Å². The van der Waals surface area contributed by atoms with Gasteiger partial charge >= 0.3 is 0 Å². The van der Waals surface area contributed by atoms with Gasteiger partial charge in [-0.15, -0.1) is 0 Å². The smallest absolute Gasteiger partial charge is 0.190 e. The van der Waals surface area contributed by atoms with Crippen LogP contribution in [0.2, 0.25) is 0 Å². The quantitative estimate of drug-likeness (QED) is 0.286. The van der Waals surface area contributed by atoms with Gasteiger partial charge in [-0.05, 0) is 123 Å². The van der Waals surface area contributed by atoms with E-state index in [0.717, 1.165) is 44.1 Å². The number of allylic oxidation sites excluding steroid dienone is 2. The Bertz CT molecular complexity index is 1650. The van der Waals surface area contributed by atoms with Crippen LogP contribution in [0.3, 0.4) is 0 Å². The lowest BCUT2D eigenvalue weighted by Gasteiger charge is -2.60. The van der Waals surface area contributed by atoms with E-state index >= 15 is 0 Å². The number of hydrogen-bond acceptors (Lipinski definition) is 10. The second-order valence-corrected chi connectivity index (χ2v) is 18.9. The highest BCUT2D eigenvalue weighted by atomic mass is 16.3. The van der Waals surface area contributed by atoms with Gasteiger partial charge in [-0.3, -0.25) is 24.0 Å². The van der Waals surface area contributed by atoms with Crippen molar-refractivity contribution in [2.24, 2.45) is 57.2 Å². The lowest BCUT2D eigenvalue weighted by Crippen LogP contribution is -2.62. The molecule has 6 fully saturated rings. The summed E-state index contributed by atoms with van der Waals surface area (Å²) in [5.74, 6) is -0.0325. The van der Waals surface area contributed by atoms with Gasteiger partial charge in [-0.1, -0.05) is 38.8 Å². The van der Waals surface area contributed by atoms with E-state index in [-0.39, 0.29) is 70.1 Å². The molecule has 0 aromatic carbocycles. The first-order valence-corrected chi connectivity index (χ1v) is 19.8. The zero-order chi connectivity index (χ0) is 37.8. The maximum absolute atomic E-state index is 13.3. The molecule has 10 heteroatoms. The van der Waals surface area contributed by atoms with Crippen LogP contribution in [0.4, 0.5) is 0 Å². The minimum Gasteiger partial charge on any atom is -0.393 e. The largest absolute Gasteiger partial charge is 0.393 e. The van der Waals surface area contributed by atoms with Crippen LogP contribution in [-0.2, 0) is 24.0 Å². The monoisotopic (exact) mass is 722 g/mol. The van der Waals surface area contributed by atoms with E-state index in [1.54, 1.807) is 12.2 Å². The van der Waals surface area contributed by atoms with Crippen molar-refractivity contribution in [3.8, 4) is 0 Å². The number of carbonyl (C=O) groups is 5. The number of fused-ring (bicyclic) bond motifs is 10. The molecule has 0 aliphatic heterocycles. The van der Waals surface area contributed by atoms with Crippen LogP contribution in [-0.4, -0.2) is 85.0 Å². The molecule has 10 nitrogen and oxygen atoms in total. The Morgan fingerprint density at radius 3 is 1.71 bits per heavy atom. The highest BCUT2D eigenvalue weighted by Crippen LogP contribution is 2.69. The molecule has 0 heterocycles. The molecule has 8 rings (SSSR count). The summed E-state index contributed by atoms with van der Waals surface area (Å²) in [7, 11) is 0. The summed E-state index contributed by atoms with van der Waals surface area (Å²) in [6, 6.07) is 0. The molecule has 286 valence electrons. The van der Waals surface area contributed by atoms with Crippen molar-refractivity contribution in [2.45, 2.75) is 135 Å². The van der Waals surface area contributed by atoms with E-state index in [9.17, 15) is 49.5 Å². The number of Topliss-reactive ketones (excluding diaryl/α,β-unsaturated/α-hetero) is 3. The van der Waals surface area contributed by atoms with E-state index in [1.807, 2.05) is 13.8 Å². The Balaban J connectivity index is 0.000000162. The zero-order valence-corrected chi connectivity index (χ0v) is 31.3. The van der Waals surface area contributed by atoms with Crippen molar-refractivity contribution >= 4 is 28.9 Å². The van der Waals surface area contributed by atoms with Crippen molar-refractivity contribution in [3.63, 3.8) is 0 Å². The zero-order valence-electron chi connectivity index (χ0n) is 31.3. The Kier molecular flexibility index (Phi) is 9.18. The lowest BCUT2D eigenvalue weighted by molar-refractivity contribution is -0.182. The topological polar surface area (TPSA) is 186 Å². The van der Waals surface area contributed by atoms with Crippen LogP contribution in [0.15, 0.2) is 23.3 Å². The van der Waals surface area contributed by atoms with Gasteiger partial charge in [0.25, 0.3) is 0 Å². The van der Waals surface area contributed by atoms with E-state index in [1.165, 1.54) is 5.57 Å². The van der Waals surface area contributed by atoms with E-state index in [2.05, 4.69) is 13.8 Å². The Labute approximate surface area is 306 Å². The van der Waals surface area contributed by atoms with E-state index in [4.69, 9.17) is 0 Å². The number of rotatable bonds is 4. The summed E-state index contributed by atoms with van der Waals surface area (Å²) in [6.07, 6.45) is 11.6. The van der Waals surface area contributed by atoms with Crippen LogP contribution >= 0.6 is 0 Å². The molecule has 0 spiro atoms. The van der Waals surface area contributed by atoms with Crippen LogP contribution in [0.1, 0.15) is 118 Å². The molecule has 8 aliphatic rings. The molecule has 0 radical (unpaired) electrons. The molecule has 0 bridgehead atoms. The molecule has 0 saturated heterocycles. The molecule has 0 amide bonds. The fourth-order valence-electron chi connectivity index (χ4n) is 14.3. The summed E-state index contributed by atoms with van der Waals surface area (Å²) >= 11 is 0. The van der Waals surface area contributed by atoms with Crippen LogP contribution in [0.5, 0.6) is 0 Å². The van der Waals surface area contributed by atoms with Gasteiger partial charge < -0.3 is 25.5 Å². The maximum atomic E-state index is 13.3. The van der Waals surface area contributed by atoms with Crippen LogP contribution < -0.4 is 0 Å². The average molecular weight is 723 g/mol. The van der Waals surface area contributed by atoms with Crippen LogP contribution in [0.25, 0.3) is 0 Å². The number of ketones is 5. The third kappa shape index (κ3) is 5.02. The van der Waals surface area contributed by atoms with E-state index < -0.39 is 52.9 Å². The summed E-state index contributed by atoms with van der Waals surface area (Å²) in [5.41, 5.74) is -2.78. The van der Waals surface area contributed by atoms with Gasteiger partial charge in [0.1, 0.15) is 30.2 Å². The van der Waals surface area contributed by atoms with Gasteiger partial charge in [0.2, 0.25) is 0 Å². The molecule has 13 atom stereocenters. The summed E-state index contributed by atoms with van der Waals surface area (Å²) in [6.45, 7) is 6.76. The third-order valence-electron chi connectivity index (χ3n) is 17.1. The number of aliphatic hydroxyl groups is 5. The first-order chi connectivity index (χ1) is 24.3. The summed E-state index contributed by atoms with van der Waals surface area (Å²) in [5, 5.41) is 52.2. The van der Waals surface area contributed by atoms with Gasteiger partial charge in [0.05, 0.1) is 6.10 Å². The van der Waals surface area contributed by atoms with Crippen molar-refractivity contribution < 1.29 is 49.5 Å². The Morgan fingerprint density at radius 2 is 1.15 bits per heavy atom. The second-order valence-electron chi connectivity index (χ2n) is 18.9. The van der Waals surface area contributed by atoms with Gasteiger partial charge in [0, 0.05) is 36.0 Å². The SMILES string of the molecule is C[C@]12CCC(=O)C=C1CCC1C2C(=O)C[C@@]2(C)C1CC[C@]2(O)C(=O)CO.C[C@]12CCC(=O)C=C1CCC1C2C(O)C[C@@]2(C)C1CC[C@]2(O)C(=O)CO. The second kappa shape index (κ2) is 12.6.